The number of likely N-dealkylation sites (tertiary alicyclic amines) is 1. The maximum Gasteiger partial charge on any atom is 0.415 e. The van der Waals surface area contributed by atoms with Crippen molar-refractivity contribution in [2.45, 2.75) is 78.2 Å². The van der Waals surface area contributed by atoms with Crippen molar-refractivity contribution in [3.63, 3.8) is 0 Å². The van der Waals surface area contributed by atoms with E-state index in [1.807, 2.05) is 0 Å². The van der Waals surface area contributed by atoms with Crippen molar-refractivity contribution >= 4 is 24.1 Å². The van der Waals surface area contributed by atoms with Crippen LogP contribution in [0.4, 0.5) is 4.79 Å². The summed E-state index contributed by atoms with van der Waals surface area (Å²) in [7, 11) is 0. The lowest BCUT2D eigenvalue weighted by Gasteiger charge is -2.28. The number of hydrogen-bond donors (Lipinski definition) is 1. The van der Waals surface area contributed by atoms with E-state index in [0.717, 1.165) is 12.8 Å². The lowest BCUT2D eigenvalue weighted by atomic mass is 10.0. The van der Waals surface area contributed by atoms with E-state index >= 15 is 0 Å². The normalized spacial score (nSPS) is 24.9. The summed E-state index contributed by atoms with van der Waals surface area (Å²) < 4.78 is 6.90. The van der Waals surface area contributed by atoms with Gasteiger partial charge in [-0.05, 0) is 47.0 Å². The smallest absolute Gasteiger partial charge is 0.415 e. The molecule has 2 fully saturated rings. The third-order valence-corrected chi connectivity index (χ3v) is 5.10. The van der Waals surface area contributed by atoms with Crippen LogP contribution in [0, 0.1) is 5.92 Å². The zero-order valence-electron chi connectivity index (χ0n) is 17.7. The Hall–Kier alpha value is -1.96. The van der Waals surface area contributed by atoms with E-state index in [1.54, 1.807) is 39.5 Å². The first-order valence-electron chi connectivity index (χ1n) is 10.1. The van der Waals surface area contributed by atoms with Crippen LogP contribution in [0.2, 0.25) is 0 Å². The Morgan fingerprint density at radius 3 is 2.36 bits per heavy atom. The molecule has 0 aromatic carbocycles. The van der Waals surface area contributed by atoms with Gasteiger partial charge in [0, 0.05) is 26.6 Å². The number of amides is 3. The molecule has 2 rings (SSSR count). The number of carbonyl (C=O) groups excluding carboxylic acids is 3. The van der Waals surface area contributed by atoms with E-state index in [9.17, 15) is 19.5 Å². The quantitative estimate of drug-likeness (QED) is 0.732. The fourth-order valence-corrected chi connectivity index (χ4v) is 3.56. The fourth-order valence-electron chi connectivity index (χ4n) is 3.56. The highest BCUT2D eigenvalue weighted by atomic mass is 16.6. The Labute approximate surface area is 167 Å². The van der Waals surface area contributed by atoms with Gasteiger partial charge in [0.25, 0.3) is 0 Å². The van der Waals surface area contributed by atoms with Gasteiger partial charge in [-0.3, -0.25) is 4.79 Å². The molecule has 0 aromatic rings. The molecule has 0 radical (unpaired) electrons. The molecule has 8 heteroatoms. The van der Waals surface area contributed by atoms with Crippen LogP contribution in [0.5, 0.6) is 0 Å². The molecule has 2 heterocycles. The van der Waals surface area contributed by atoms with Crippen molar-refractivity contribution in [2.24, 2.45) is 5.92 Å². The average molecular weight is 397 g/mol. The number of carbonyl (C=O) groups is 3. The Kier molecular flexibility index (Phi) is 7.20. The van der Waals surface area contributed by atoms with Crippen molar-refractivity contribution in [2.75, 3.05) is 19.6 Å². The van der Waals surface area contributed by atoms with E-state index < -0.39 is 29.9 Å². The van der Waals surface area contributed by atoms with Crippen LogP contribution in [-0.4, -0.2) is 81.1 Å². The maximum atomic E-state index is 12.9. The largest absolute Gasteiger partial charge is 0.444 e. The van der Waals surface area contributed by atoms with Crippen molar-refractivity contribution in [3.05, 3.63) is 0 Å². The highest BCUT2D eigenvalue weighted by Crippen LogP contribution is 2.19. The van der Waals surface area contributed by atoms with Crippen molar-refractivity contribution in [1.82, 2.24) is 9.80 Å². The summed E-state index contributed by atoms with van der Waals surface area (Å²) in [6, 6.07) is 0. The Balaban J connectivity index is 2.30. The molecule has 3 amide bonds. The number of hydrogen-bond acceptors (Lipinski definition) is 5. The van der Waals surface area contributed by atoms with Crippen molar-refractivity contribution < 1.29 is 28.8 Å². The van der Waals surface area contributed by atoms with Gasteiger partial charge < -0.3 is 14.7 Å². The van der Waals surface area contributed by atoms with Gasteiger partial charge in [0.05, 0.1) is 12.5 Å². The molecule has 0 aliphatic carbocycles. The van der Waals surface area contributed by atoms with Crippen LogP contribution >= 0.6 is 0 Å². The minimum absolute atomic E-state index is 0.168. The molecule has 3 unspecified atom stereocenters. The summed E-state index contributed by atoms with van der Waals surface area (Å²) in [5, 5.41) is 10.2. The molecule has 0 bridgehead atoms. The van der Waals surface area contributed by atoms with Gasteiger partial charge in [0.2, 0.25) is 12.1 Å². The van der Waals surface area contributed by atoms with Crippen molar-refractivity contribution in [1.29, 1.82) is 0 Å². The Morgan fingerprint density at radius 1 is 1.21 bits per heavy atom. The number of aliphatic hydroxyl groups is 1. The van der Waals surface area contributed by atoms with Crippen LogP contribution in [-0.2, 0) is 14.3 Å². The van der Waals surface area contributed by atoms with Gasteiger partial charge in [-0.15, -0.1) is 4.58 Å². The van der Waals surface area contributed by atoms with Gasteiger partial charge in [0.1, 0.15) is 11.5 Å². The first-order valence-corrected chi connectivity index (χ1v) is 10.1. The zero-order chi connectivity index (χ0) is 21.1. The third-order valence-electron chi connectivity index (χ3n) is 5.10. The molecule has 2 aliphatic heterocycles. The first-order chi connectivity index (χ1) is 13.0. The van der Waals surface area contributed by atoms with Crippen LogP contribution in [0.25, 0.3) is 0 Å². The molecular formula is C20H34N3O5+. The average Bonchev–Trinajstić information content (AvgIpc) is 3.06. The molecule has 2 saturated heterocycles. The highest BCUT2D eigenvalue weighted by molar-refractivity contribution is 5.94. The molecule has 28 heavy (non-hydrogen) atoms. The second-order valence-corrected chi connectivity index (χ2v) is 8.66. The molecule has 3 atom stereocenters. The van der Waals surface area contributed by atoms with Gasteiger partial charge in [0.15, 0.2) is 6.21 Å². The number of ether oxygens (including phenoxy) is 1. The minimum atomic E-state index is -0.939. The first kappa shape index (κ1) is 22.3. The summed E-state index contributed by atoms with van der Waals surface area (Å²) in [6.45, 7) is 10.4. The lowest BCUT2D eigenvalue weighted by molar-refractivity contribution is -0.503. The monoisotopic (exact) mass is 396 g/mol. The molecule has 0 saturated carbocycles. The molecular weight excluding hydrogens is 362 g/mol. The van der Waals surface area contributed by atoms with E-state index in [4.69, 9.17) is 4.74 Å². The predicted molar refractivity (Wildman–Crippen MR) is 104 cm³/mol. The lowest BCUT2D eigenvalue weighted by Crippen LogP contribution is -2.49. The van der Waals surface area contributed by atoms with Gasteiger partial charge in [-0.25, -0.2) is 14.5 Å². The summed E-state index contributed by atoms with van der Waals surface area (Å²) in [6.07, 6.45) is 2.15. The van der Waals surface area contributed by atoms with Crippen LogP contribution in [0.3, 0.4) is 0 Å². The maximum absolute atomic E-state index is 12.9. The molecule has 8 nitrogen and oxygen atoms in total. The molecule has 1 N–H and O–H groups in total. The summed E-state index contributed by atoms with van der Waals surface area (Å²) in [5.74, 6) is -1.18. The van der Waals surface area contributed by atoms with E-state index in [0.29, 0.717) is 26.1 Å². The van der Waals surface area contributed by atoms with Gasteiger partial charge in [-0.2, -0.15) is 0 Å². The second kappa shape index (κ2) is 9.03. The molecule has 158 valence electrons. The van der Waals surface area contributed by atoms with E-state index in [1.165, 1.54) is 15.7 Å². The van der Waals surface area contributed by atoms with E-state index in [2.05, 4.69) is 0 Å². The van der Waals surface area contributed by atoms with Gasteiger partial charge in [-0.1, -0.05) is 0 Å². The molecule has 2 aliphatic rings. The topological polar surface area (TPSA) is 90.2 Å². The third kappa shape index (κ3) is 5.53. The predicted octanol–water partition coefficient (Wildman–Crippen LogP) is 1.59. The Morgan fingerprint density at radius 2 is 1.82 bits per heavy atom. The minimum Gasteiger partial charge on any atom is -0.444 e. The summed E-state index contributed by atoms with van der Waals surface area (Å²) in [4.78, 5) is 41.4. The fraction of sp³-hybridized carbons (Fsp3) is 0.800. The SMILES string of the molecule is CC(O)C(C=[N+]1C(=O)CCCN(C(=O)OC(C)(C)C)C1C)C(=O)N1CCCC1. The second-order valence-electron chi connectivity index (χ2n) is 8.66. The standard InChI is InChI=1S/C20H34N3O5/c1-14(24)16(18(26)21-10-6-7-11-21)13-23-15(2)22(12-8-9-17(23)25)19(27)28-20(3,4)5/h13-16,24H,6-12H2,1-5H3/q+1. The highest BCUT2D eigenvalue weighted by Gasteiger charge is 2.40. The zero-order valence-corrected chi connectivity index (χ0v) is 17.7. The van der Waals surface area contributed by atoms with Gasteiger partial charge >= 0.3 is 12.0 Å². The van der Waals surface area contributed by atoms with Crippen LogP contribution in [0.1, 0.15) is 60.3 Å². The Bertz CT molecular complexity index is 632. The number of rotatable bonds is 3. The van der Waals surface area contributed by atoms with Crippen molar-refractivity contribution in [3.8, 4) is 0 Å². The number of aliphatic hydroxyl groups excluding tert-OH is 1. The summed E-state index contributed by atoms with van der Waals surface area (Å²) >= 11 is 0. The molecule has 0 aromatic heterocycles. The van der Waals surface area contributed by atoms with Crippen LogP contribution < -0.4 is 0 Å². The summed E-state index contributed by atoms with van der Waals surface area (Å²) in [5.41, 5.74) is -0.643. The number of nitrogens with zero attached hydrogens (tertiary/aromatic N) is 3. The molecule has 0 spiro atoms. The van der Waals surface area contributed by atoms with E-state index in [-0.39, 0.29) is 18.2 Å². The van der Waals surface area contributed by atoms with Crippen LogP contribution in [0.15, 0.2) is 0 Å².